The van der Waals surface area contributed by atoms with E-state index >= 15 is 0 Å². The number of rotatable bonds is 5. The van der Waals surface area contributed by atoms with Gasteiger partial charge in [0.15, 0.2) is 0 Å². The van der Waals surface area contributed by atoms with Gasteiger partial charge in [0.1, 0.15) is 0 Å². The number of H-pyrrole nitrogens is 1. The third-order valence-corrected chi connectivity index (χ3v) is 3.12. The molecule has 0 saturated heterocycles. The van der Waals surface area contributed by atoms with Gasteiger partial charge in [0, 0.05) is 18.7 Å². The molecular formula is C12H15N3S. The molecule has 16 heavy (non-hydrogen) atoms. The Labute approximate surface area is 99.2 Å². The van der Waals surface area contributed by atoms with Crippen LogP contribution < -0.4 is 5.32 Å². The summed E-state index contributed by atoms with van der Waals surface area (Å²) in [4.78, 5) is 1.23. The zero-order valence-electron chi connectivity index (χ0n) is 9.29. The Morgan fingerprint density at radius 2 is 2.50 bits per heavy atom. The molecule has 0 saturated carbocycles. The van der Waals surface area contributed by atoms with E-state index in [2.05, 4.69) is 33.5 Å². The Bertz CT molecular complexity index is 456. The maximum atomic E-state index is 4.10. The number of aromatic nitrogens is 2. The summed E-state index contributed by atoms with van der Waals surface area (Å²) < 4.78 is 0. The van der Waals surface area contributed by atoms with Gasteiger partial charge in [0.05, 0.1) is 16.8 Å². The van der Waals surface area contributed by atoms with Gasteiger partial charge in [-0.15, -0.1) is 11.3 Å². The van der Waals surface area contributed by atoms with Crippen LogP contribution >= 0.6 is 11.3 Å². The van der Waals surface area contributed by atoms with E-state index in [4.69, 9.17) is 0 Å². The lowest BCUT2D eigenvalue weighted by molar-refractivity contribution is 0.742. The minimum Gasteiger partial charge on any atom is -0.309 e. The highest BCUT2D eigenvalue weighted by Gasteiger charge is 2.07. The van der Waals surface area contributed by atoms with Gasteiger partial charge in [-0.05, 0) is 18.4 Å². The second-order valence-electron chi connectivity index (χ2n) is 3.81. The van der Waals surface area contributed by atoms with Gasteiger partial charge in [-0.1, -0.05) is 18.2 Å². The van der Waals surface area contributed by atoms with Crippen LogP contribution in [-0.2, 0) is 6.54 Å². The van der Waals surface area contributed by atoms with Crippen molar-refractivity contribution in [2.75, 3.05) is 6.54 Å². The summed E-state index contributed by atoms with van der Waals surface area (Å²) in [6, 6.07) is 4.15. The standard InChI is InChI=1S/C12H15N3S/c1-9(2)6-13-7-10-8-14-15-12(10)11-4-3-5-16-11/h3-5,8,13H,1,6-7H2,2H3,(H,14,15). The topological polar surface area (TPSA) is 40.7 Å². The second kappa shape index (κ2) is 5.09. The SMILES string of the molecule is C=C(C)CNCc1cn[nH]c1-c1cccs1. The Morgan fingerprint density at radius 3 is 3.19 bits per heavy atom. The van der Waals surface area contributed by atoms with Crippen molar-refractivity contribution in [3.8, 4) is 10.6 Å². The van der Waals surface area contributed by atoms with E-state index in [-0.39, 0.29) is 0 Å². The van der Waals surface area contributed by atoms with E-state index in [0.29, 0.717) is 0 Å². The molecule has 0 aromatic carbocycles. The highest BCUT2D eigenvalue weighted by atomic mass is 32.1. The first-order chi connectivity index (χ1) is 7.77. The van der Waals surface area contributed by atoms with Gasteiger partial charge in [-0.3, -0.25) is 5.10 Å². The highest BCUT2D eigenvalue weighted by Crippen LogP contribution is 2.25. The van der Waals surface area contributed by atoms with Crippen molar-refractivity contribution in [2.24, 2.45) is 0 Å². The van der Waals surface area contributed by atoms with Crippen molar-refractivity contribution < 1.29 is 0 Å². The van der Waals surface area contributed by atoms with Gasteiger partial charge in [0.2, 0.25) is 0 Å². The maximum Gasteiger partial charge on any atom is 0.0794 e. The lowest BCUT2D eigenvalue weighted by atomic mass is 10.2. The van der Waals surface area contributed by atoms with Crippen LogP contribution in [0, 0.1) is 0 Å². The number of hydrogen-bond acceptors (Lipinski definition) is 3. The van der Waals surface area contributed by atoms with E-state index < -0.39 is 0 Å². The molecule has 0 amide bonds. The van der Waals surface area contributed by atoms with Gasteiger partial charge >= 0.3 is 0 Å². The molecule has 0 spiro atoms. The summed E-state index contributed by atoms with van der Waals surface area (Å²) in [5, 5.41) is 12.5. The molecule has 0 bridgehead atoms. The zero-order chi connectivity index (χ0) is 11.4. The normalized spacial score (nSPS) is 10.6. The fraction of sp³-hybridized carbons (Fsp3) is 0.250. The Hall–Kier alpha value is -1.39. The molecule has 84 valence electrons. The number of hydrogen-bond donors (Lipinski definition) is 2. The van der Waals surface area contributed by atoms with Crippen LogP contribution in [-0.4, -0.2) is 16.7 Å². The van der Waals surface area contributed by atoms with Crippen LogP contribution in [0.4, 0.5) is 0 Å². The first kappa shape index (κ1) is 11.1. The smallest absolute Gasteiger partial charge is 0.0794 e. The molecule has 2 heterocycles. The molecule has 2 rings (SSSR count). The van der Waals surface area contributed by atoms with Crippen LogP contribution in [0.1, 0.15) is 12.5 Å². The number of nitrogens with zero attached hydrogens (tertiary/aromatic N) is 1. The number of nitrogens with one attached hydrogen (secondary N) is 2. The van der Waals surface area contributed by atoms with Gasteiger partial charge < -0.3 is 5.32 Å². The molecule has 0 aliphatic heterocycles. The first-order valence-corrected chi connectivity index (χ1v) is 6.06. The molecule has 4 heteroatoms. The van der Waals surface area contributed by atoms with Crippen LogP contribution in [0.2, 0.25) is 0 Å². The number of thiophene rings is 1. The minimum absolute atomic E-state index is 0.816. The van der Waals surface area contributed by atoms with Gasteiger partial charge in [-0.2, -0.15) is 5.10 Å². The van der Waals surface area contributed by atoms with Gasteiger partial charge in [-0.25, -0.2) is 0 Å². The molecule has 0 unspecified atom stereocenters. The van der Waals surface area contributed by atoms with E-state index in [9.17, 15) is 0 Å². The van der Waals surface area contributed by atoms with Crippen molar-refractivity contribution >= 4 is 11.3 Å². The van der Waals surface area contributed by atoms with Crippen molar-refractivity contribution in [2.45, 2.75) is 13.5 Å². The molecule has 2 aromatic rings. The summed E-state index contributed by atoms with van der Waals surface area (Å²) >= 11 is 1.72. The van der Waals surface area contributed by atoms with Crippen LogP contribution in [0.25, 0.3) is 10.6 Å². The predicted molar refractivity (Wildman–Crippen MR) is 68.4 cm³/mol. The average molecular weight is 233 g/mol. The van der Waals surface area contributed by atoms with Crippen molar-refractivity contribution in [1.82, 2.24) is 15.5 Å². The molecule has 0 atom stereocenters. The molecular weight excluding hydrogens is 218 g/mol. The van der Waals surface area contributed by atoms with Crippen molar-refractivity contribution in [3.63, 3.8) is 0 Å². The quantitative estimate of drug-likeness (QED) is 0.780. The number of aromatic amines is 1. The Balaban J connectivity index is 2.05. The molecule has 0 aliphatic carbocycles. The third-order valence-electron chi connectivity index (χ3n) is 2.23. The molecule has 0 aliphatic rings. The van der Waals surface area contributed by atoms with E-state index in [1.54, 1.807) is 11.3 Å². The average Bonchev–Trinajstić information content (AvgIpc) is 2.84. The second-order valence-corrected chi connectivity index (χ2v) is 4.76. The van der Waals surface area contributed by atoms with E-state index in [1.165, 1.54) is 10.4 Å². The maximum absolute atomic E-state index is 4.10. The fourth-order valence-electron chi connectivity index (χ4n) is 1.49. The summed E-state index contributed by atoms with van der Waals surface area (Å²) in [5.74, 6) is 0. The lowest BCUT2D eigenvalue weighted by Gasteiger charge is -2.03. The molecule has 0 fully saturated rings. The summed E-state index contributed by atoms with van der Waals surface area (Å²) in [5.41, 5.74) is 3.45. The van der Waals surface area contributed by atoms with Crippen LogP contribution in [0.5, 0.6) is 0 Å². The Kier molecular flexibility index (Phi) is 3.54. The zero-order valence-corrected chi connectivity index (χ0v) is 10.1. The monoisotopic (exact) mass is 233 g/mol. The largest absolute Gasteiger partial charge is 0.309 e. The van der Waals surface area contributed by atoms with Crippen molar-refractivity contribution in [3.05, 3.63) is 41.4 Å². The lowest BCUT2D eigenvalue weighted by Crippen LogP contribution is -2.15. The van der Waals surface area contributed by atoms with E-state index in [0.717, 1.165) is 24.4 Å². The minimum atomic E-state index is 0.816. The first-order valence-electron chi connectivity index (χ1n) is 5.18. The molecule has 2 N–H and O–H groups in total. The summed E-state index contributed by atoms with van der Waals surface area (Å²) in [6.45, 7) is 7.54. The molecule has 2 aromatic heterocycles. The fourth-order valence-corrected chi connectivity index (χ4v) is 2.25. The third kappa shape index (κ3) is 2.59. The van der Waals surface area contributed by atoms with Crippen molar-refractivity contribution in [1.29, 1.82) is 0 Å². The molecule has 0 radical (unpaired) electrons. The van der Waals surface area contributed by atoms with Crippen LogP contribution in [0.15, 0.2) is 35.9 Å². The van der Waals surface area contributed by atoms with Gasteiger partial charge in [0.25, 0.3) is 0 Å². The highest BCUT2D eigenvalue weighted by molar-refractivity contribution is 7.13. The summed E-state index contributed by atoms with van der Waals surface area (Å²) in [7, 11) is 0. The van der Waals surface area contributed by atoms with E-state index in [1.807, 2.05) is 19.2 Å². The van der Waals surface area contributed by atoms with Crippen LogP contribution in [0.3, 0.4) is 0 Å². The predicted octanol–water partition coefficient (Wildman–Crippen LogP) is 2.80. The summed E-state index contributed by atoms with van der Waals surface area (Å²) in [6.07, 6.45) is 1.88. The molecule has 3 nitrogen and oxygen atoms in total. The Morgan fingerprint density at radius 1 is 1.62 bits per heavy atom.